The molecule has 0 saturated carbocycles. The molecule has 3 aromatic heterocycles. The monoisotopic (exact) mass is 675 g/mol. The Morgan fingerprint density at radius 2 is 1.22 bits per heavy atom. The highest BCUT2D eigenvalue weighted by Gasteiger charge is 2.29. The van der Waals surface area contributed by atoms with E-state index in [1.54, 1.807) is 0 Å². The van der Waals surface area contributed by atoms with Crippen molar-refractivity contribution >= 4 is 81.2 Å². The summed E-state index contributed by atoms with van der Waals surface area (Å²) < 4.78 is 15.8. The Labute approximate surface area is 296 Å². The summed E-state index contributed by atoms with van der Waals surface area (Å²) in [6, 6.07) is 53.1. The van der Waals surface area contributed by atoms with Crippen molar-refractivity contribution in [2.24, 2.45) is 4.99 Å². The van der Waals surface area contributed by atoms with Crippen LogP contribution in [0.15, 0.2) is 165 Å². The van der Waals surface area contributed by atoms with Crippen LogP contribution in [-0.4, -0.2) is 5.84 Å². The van der Waals surface area contributed by atoms with Gasteiger partial charge in [0.05, 0.1) is 5.56 Å². The lowest BCUT2D eigenvalue weighted by Gasteiger charge is -2.32. The summed E-state index contributed by atoms with van der Waals surface area (Å²) in [4.78, 5) is 5.23. The van der Waals surface area contributed by atoms with Gasteiger partial charge in [0.2, 0.25) is 0 Å². The van der Waals surface area contributed by atoms with Gasteiger partial charge in [-0.2, -0.15) is 0 Å². The molecule has 0 spiro atoms. The molecule has 2 N–H and O–H groups in total. The van der Waals surface area contributed by atoms with Crippen molar-refractivity contribution < 1.29 is 8.83 Å². The van der Waals surface area contributed by atoms with Crippen molar-refractivity contribution in [3.63, 3.8) is 0 Å². The summed E-state index contributed by atoms with van der Waals surface area (Å²) in [7, 11) is 0. The summed E-state index contributed by atoms with van der Waals surface area (Å²) >= 11 is 1.86. The second-order valence-corrected chi connectivity index (χ2v) is 14.2. The topological polar surface area (TPSA) is 62.7 Å². The van der Waals surface area contributed by atoms with Gasteiger partial charge in [-0.05, 0) is 47.0 Å². The fourth-order valence-electron chi connectivity index (χ4n) is 7.78. The molecule has 0 amide bonds. The average molecular weight is 676 g/mol. The van der Waals surface area contributed by atoms with Gasteiger partial charge >= 0.3 is 0 Å². The van der Waals surface area contributed by atoms with Gasteiger partial charge in [-0.1, -0.05) is 121 Å². The first kappa shape index (κ1) is 28.6. The Bertz CT molecular complexity index is 3010. The number of nitrogens with one attached hydrogen (secondary N) is 2. The summed E-state index contributed by atoms with van der Waals surface area (Å²) in [6.07, 6.45) is -0.585. The first-order valence-corrected chi connectivity index (χ1v) is 18.0. The molecule has 0 fully saturated rings. The second-order valence-electron chi connectivity index (χ2n) is 13.1. The van der Waals surface area contributed by atoms with Crippen LogP contribution < -0.4 is 10.6 Å². The molecule has 1 aliphatic heterocycles. The highest BCUT2D eigenvalue weighted by molar-refractivity contribution is 7.26. The summed E-state index contributed by atoms with van der Waals surface area (Å²) in [6.45, 7) is 0. The SMILES string of the molecule is c1ccc(C2N=C(c3cccc4c3oc3ccccc34)NC(c3cccc4c3oc3ccc(-c5cccc6c5sc5ccccc56)cc34)N2)cc1. The zero-order valence-corrected chi connectivity index (χ0v) is 28.1. The molecule has 51 heavy (non-hydrogen) atoms. The minimum atomic E-state index is -0.293. The largest absolute Gasteiger partial charge is 0.456 e. The molecule has 7 aromatic carbocycles. The van der Waals surface area contributed by atoms with E-state index in [0.29, 0.717) is 0 Å². The van der Waals surface area contributed by atoms with E-state index in [4.69, 9.17) is 13.8 Å². The van der Waals surface area contributed by atoms with E-state index in [2.05, 4.69) is 138 Å². The Morgan fingerprint density at radius 1 is 0.529 bits per heavy atom. The maximum atomic E-state index is 6.72. The molecule has 0 bridgehead atoms. The molecule has 10 aromatic rings. The quantitative estimate of drug-likeness (QED) is 0.195. The highest BCUT2D eigenvalue weighted by atomic mass is 32.1. The molecule has 2 atom stereocenters. The molecule has 5 nitrogen and oxygen atoms in total. The molecule has 4 heterocycles. The van der Waals surface area contributed by atoms with E-state index in [0.717, 1.165) is 66.4 Å². The molecule has 6 heteroatoms. The number of furan rings is 2. The van der Waals surface area contributed by atoms with Gasteiger partial charge in [0.25, 0.3) is 0 Å². The second kappa shape index (κ2) is 11.2. The van der Waals surface area contributed by atoms with E-state index in [9.17, 15) is 0 Å². The zero-order chi connectivity index (χ0) is 33.5. The molecule has 11 rings (SSSR count). The van der Waals surface area contributed by atoms with Crippen molar-refractivity contribution in [2.45, 2.75) is 12.3 Å². The number of aliphatic imine (C=N–C) groups is 1. The van der Waals surface area contributed by atoms with Gasteiger partial charge in [-0.3, -0.25) is 5.32 Å². The standard InChI is InChI=1S/C45H29N3O2S/c1-2-11-26(12-3-1)43-46-44(34-19-9-16-31-29-13-4-6-21-37(29)49-40(31)34)48-45(47-43)35-20-10-17-32-36-25-27(23-24-38(36)50-41(32)35)28-15-8-18-33-30-14-5-7-22-39(30)51-42(28)33/h1-25,43,45,47H,(H,46,48). The third-order valence-electron chi connectivity index (χ3n) is 10.2. The Balaban J connectivity index is 1.05. The predicted octanol–water partition coefficient (Wildman–Crippen LogP) is 11.9. The van der Waals surface area contributed by atoms with Crippen molar-refractivity contribution in [3.05, 3.63) is 168 Å². The number of hydrogen-bond acceptors (Lipinski definition) is 6. The lowest BCUT2D eigenvalue weighted by atomic mass is 9.99. The molecule has 1 aliphatic rings. The van der Waals surface area contributed by atoms with Gasteiger partial charge in [0, 0.05) is 47.3 Å². The van der Waals surface area contributed by atoms with E-state index < -0.39 is 0 Å². The molecular weight excluding hydrogens is 647 g/mol. The maximum Gasteiger partial charge on any atom is 0.146 e. The van der Waals surface area contributed by atoms with Crippen molar-refractivity contribution in [3.8, 4) is 11.1 Å². The van der Waals surface area contributed by atoms with Crippen molar-refractivity contribution in [1.82, 2.24) is 10.6 Å². The fourth-order valence-corrected chi connectivity index (χ4v) is 9.02. The molecule has 2 unspecified atom stereocenters. The van der Waals surface area contributed by atoms with Crippen LogP contribution in [0, 0.1) is 0 Å². The fraction of sp³-hybridized carbons (Fsp3) is 0.0444. The number of para-hydroxylation sites is 3. The summed E-state index contributed by atoms with van der Waals surface area (Å²) in [5.74, 6) is 0.768. The lowest BCUT2D eigenvalue weighted by molar-refractivity contribution is 0.408. The Hall–Kier alpha value is -6.21. The third kappa shape index (κ3) is 4.47. The smallest absolute Gasteiger partial charge is 0.146 e. The van der Waals surface area contributed by atoms with E-state index >= 15 is 0 Å². The Kier molecular flexibility index (Phi) is 6.26. The highest BCUT2D eigenvalue weighted by Crippen LogP contribution is 2.42. The van der Waals surface area contributed by atoms with Gasteiger partial charge in [0.15, 0.2) is 0 Å². The predicted molar refractivity (Wildman–Crippen MR) is 210 cm³/mol. The van der Waals surface area contributed by atoms with Crippen LogP contribution >= 0.6 is 11.3 Å². The first-order valence-electron chi connectivity index (χ1n) is 17.2. The van der Waals surface area contributed by atoms with Gasteiger partial charge in [-0.15, -0.1) is 11.3 Å². The van der Waals surface area contributed by atoms with Crippen LogP contribution in [0.2, 0.25) is 0 Å². The minimum absolute atomic E-state index is 0.292. The first-order chi connectivity index (χ1) is 25.3. The third-order valence-corrected chi connectivity index (χ3v) is 11.4. The lowest BCUT2D eigenvalue weighted by Crippen LogP contribution is -2.45. The van der Waals surface area contributed by atoms with Crippen molar-refractivity contribution in [1.29, 1.82) is 0 Å². The molecule has 0 aliphatic carbocycles. The van der Waals surface area contributed by atoms with Crippen LogP contribution in [0.25, 0.3) is 75.2 Å². The number of amidine groups is 1. The Morgan fingerprint density at radius 3 is 2.12 bits per heavy atom. The van der Waals surface area contributed by atoms with E-state index in [1.807, 2.05) is 35.6 Å². The number of benzene rings is 7. The van der Waals surface area contributed by atoms with E-state index in [-0.39, 0.29) is 12.3 Å². The zero-order valence-electron chi connectivity index (χ0n) is 27.3. The number of rotatable bonds is 4. The minimum Gasteiger partial charge on any atom is -0.456 e. The van der Waals surface area contributed by atoms with Gasteiger partial charge in [-0.25, -0.2) is 4.99 Å². The summed E-state index contributed by atoms with van der Waals surface area (Å²) in [5, 5.41) is 14.5. The van der Waals surface area contributed by atoms with Gasteiger partial charge in [0.1, 0.15) is 40.5 Å². The number of hydrogen-bond donors (Lipinski definition) is 2. The maximum absolute atomic E-state index is 6.72. The van der Waals surface area contributed by atoms with Crippen LogP contribution in [0.4, 0.5) is 0 Å². The normalized spacial score (nSPS) is 16.4. The molecule has 242 valence electrons. The number of fused-ring (bicyclic) bond motifs is 9. The van der Waals surface area contributed by atoms with Crippen LogP contribution in [0.1, 0.15) is 29.0 Å². The number of thiophene rings is 1. The van der Waals surface area contributed by atoms with Gasteiger partial charge < -0.3 is 14.2 Å². The molecule has 0 radical (unpaired) electrons. The molecule has 0 saturated heterocycles. The van der Waals surface area contributed by atoms with E-state index in [1.165, 1.54) is 31.3 Å². The van der Waals surface area contributed by atoms with Crippen LogP contribution in [0.5, 0.6) is 0 Å². The summed E-state index contributed by atoms with van der Waals surface area (Å²) in [5.41, 5.74) is 8.83. The van der Waals surface area contributed by atoms with Crippen LogP contribution in [-0.2, 0) is 0 Å². The van der Waals surface area contributed by atoms with Crippen LogP contribution in [0.3, 0.4) is 0 Å². The number of nitrogens with zero attached hydrogens (tertiary/aromatic N) is 1. The average Bonchev–Trinajstić information content (AvgIpc) is 3.89. The van der Waals surface area contributed by atoms with Crippen molar-refractivity contribution in [2.75, 3.05) is 0 Å². The molecular formula is C45H29N3O2S.